The summed E-state index contributed by atoms with van der Waals surface area (Å²) < 4.78 is 4.71. The molecule has 0 spiro atoms. The molecule has 0 aromatic rings. The Balaban J connectivity index is 2.25. The van der Waals surface area contributed by atoms with Gasteiger partial charge in [0.15, 0.2) is 5.96 Å². The first-order valence-corrected chi connectivity index (χ1v) is 8.27. The van der Waals surface area contributed by atoms with Crippen molar-refractivity contribution in [3.63, 3.8) is 0 Å². The first kappa shape index (κ1) is 17.8. The lowest BCUT2D eigenvalue weighted by molar-refractivity contribution is -0.144. The van der Waals surface area contributed by atoms with Crippen LogP contribution in [0.1, 0.15) is 52.4 Å². The highest BCUT2D eigenvalue weighted by Gasteiger charge is 2.14. The molecule has 1 fully saturated rings. The van der Waals surface area contributed by atoms with Crippen molar-refractivity contribution in [1.82, 2.24) is 10.6 Å². The number of esters is 1. The molecule has 2 N–H and O–H groups in total. The zero-order valence-electron chi connectivity index (χ0n) is 13.8. The van der Waals surface area contributed by atoms with Crippen LogP contribution in [0.15, 0.2) is 4.99 Å². The van der Waals surface area contributed by atoms with Crippen molar-refractivity contribution in [3.8, 4) is 0 Å². The molecule has 1 atom stereocenters. The predicted molar refractivity (Wildman–Crippen MR) is 86.4 cm³/mol. The molecular formula is C16H31N3O2. The van der Waals surface area contributed by atoms with Crippen molar-refractivity contribution in [2.75, 3.05) is 26.7 Å². The minimum atomic E-state index is -0.212. The van der Waals surface area contributed by atoms with E-state index in [1.807, 2.05) is 13.8 Å². The molecule has 0 bridgehead atoms. The van der Waals surface area contributed by atoms with E-state index in [2.05, 4.69) is 15.6 Å². The van der Waals surface area contributed by atoms with Gasteiger partial charge in [-0.15, -0.1) is 0 Å². The summed E-state index contributed by atoms with van der Waals surface area (Å²) in [6.45, 7) is 6.08. The number of carbonyl (C=O) groups excluding carboxylic acids is 1. The summed E-state index contributed by atoms with van der Waals surface area (Å²) in [6.07, 6.45) is 8.13. The molecule has 0 saturated heterocycles. The van der Waals surface area contributed by atoms with Crippen LogP contribution in [0.5, 0.6) is 0 Å². The van der Waals surface area contributed by atoms with Gasteiger partial charge < -0.3 is 15.4 Å². The molecule has 1 unspecified atom stereocenters. The van der Waals surface area contributed by atoms with Crippen LogP contribution in [0.3, 0.4) is 0 Å². The lowest BCUT2D eigenvalue weighted by atomic mass is 10.0. The Morgan fingerprint density at radius 1 is 1.33 bits per heavy atom. The molecule has 0 radical (unpaired) electrons. The first-order chi connectivity index (χ1) is 10.2. The third kappa shape index (κ3) is 7.34. The van der Waals surface area contributed by atoms with Crippen molar-refractivity contribution in [3.05, 3.63) is 0 Å². The molecule has 5 nitrogen and oxygen atoms in total. The van der Waals surface area contributed by atoms with Crippen LogP contribution in [0.2, 0.25) is 0 Å². The van der Waals surface area contributed by atoms with Gasteiger partial charge in [-0.2, -0.15) is 0 Å². The quantitative estimate of drug-likeness (QED) is 0.312. The number of ether oxygens (including phenoxy) is 1. The molecule has 0 aliphatic heterocycles. The van der Waals surface area contributed by atoms with Crippen LogP contribution in [0.4, 0.5) is 0 Å². The fraction of sp³-hybridized carbons (Fsp3) is 0.875. The van der Waals surface area contributed by atoms with E-state index in [-0.39, 0.29) is 11.9 Å². The Morgan fingerprint density at radius 3 is 2.67 bits per heavy atom. The Hall–Kier alpha value is -1.26. The van der Waals surface area contributed by atoms with Gasteiger partial charge in [0.05, 0.1) is 19.6 Å². The van der Waals surface area contributed by atoms with E-state index in [9.17, 15) is 4.79 Å². The maximum atomic E-state index is 11.4. The number of rotatable bonds is 8. The van der Waals surface area contributed by atoms with Crippen LogP contribution in [0.25, 0.3) is 0 Å². The minimum absolute atomic E-state index is 0.205. The van der Waals surface area contributed by atoms with E-state index < -0.39 is 0 Å². The van der Waals surface area contributed by atoms with Gasteiger partial charge in [0.2, 0.25) is 0 Å². The molecule has 21 heavy (non-hydrogen) atoms. The number of aliphatic imine (C=N–C) groups is 1. The van der Waals surface area contributed by atoms with Gasteiger partial charge in [-0.1, -0.05) is 32.6 Å². The first-order valence-electron chi connectivity index (χ1n) is 8.27. The maximum Gasteiger partial charge on any atom is 0.310 e. The second kappa shape index (κ2) is 10.5. The Morgan fingerprint density at radius 2 is 2.05 bits per heavy atom. The number of guanidine groups is 1. The van der Waals surface area contributed by atoms with E-state index in [1.165, 1.54) is 45.6 Å². The van der Waals surface area contributed by atoms with Crippen molar-refractivity contribution in [2.24, 2.45) is 16.8 Å². The Bertz CT molecular complexity index is 325. The van der Waals surface area contributed by atoms with Crippen molar-refractivity contribution in [2.45, 2.75) is 52.4 Å². The monoisotopic (exact) mass is 297 g/mol. The number of nitrogens with one attached hydrogen (secondary N) is 2. The molecule has 0 aromatic heterocycles. The highest BCUT2D eigenvalue weighted by molar-refractivity contribution is 5.80. The van der Waals surface area contributed by atoms with E-state index in [0.717, 1.165) is 25.0 Å². The smallest absolute Gasteiger partial charge is 0.310 e. The van der Waals surface area contributed by atoms with Crippen LogP contribution >= 0.6 is 0 Å². The molecule has 1 aliphatic rings. The molecule has 1 aliphatic carbocycles. The minimum Gasteiger partial charge on any atom is -0.469 e. The Labute approximate surface area is 128 Å². The average Bonchev–Trinajstić information content (AvgIpc) is 3.01. The number of carbonyl (C=O) groups is 1. The van der Waals surface area contributed by atoms with Gasteiger partial charge >= 0.3 is 5.97 Å². The topological polar surface area (TPSA) is 62.7 Å². The van der Waals surface area contributed by atoms with E-state index >= 15 is 0 Å². The zero-order valence-corrected chi connectivity index (χ0v) is 13.8. The van der Waals surface area contributed by atoms with Gasteiger partial charge in [-0.3, -0.25) is 9.79 Å². The van der Waals surface area contributed by atoms with Crippen LogP contribution in [0, 0.1) is 11.8 Å². The fourth-order valence-electron chi connectivity index (χ4n) is 2.74. The molecular weight excluding hydrogens is 266 g/mol. The van der Waals surface area contributed by atoms with Gasteiger partial charge in [-0.05, 0) is 25.7 Å². The third-order valence-electron chi connectivity index (χ3n) is 4.03. The summed E-state index contributed by atoms with van der Waals surface area (Å²) in [6, 6.07) is 0. The zero-order chi connectivity index (χ0) is 15.5. The van der Waals surface area contributed by atoms with Crippen molar-refractivity contribution >= 4 is 11.9 Å². The van der Waals surface area contributed by atoms with E-state index in [4.69, 9.17) is 4.74 Å². The summed E-state index contributed by atoms with van der Waals surface area (Å²) in [5.41, 5.74) is 0. The fourth-order valence-corrected chi connectivity index (χ4v) is 2.74. The second-order valence-corrected chi connectivity index (χ2v) is 5.86. The van der Waals surface area contributed by atoms with Crippen LogP contribution < -0.4 is 10.6 Å². The van der Waals surface area contributed by atoms with Gasteiger partial charge in [0, 0.05) is 13.1 Å². The molecule has 0 amide bonds. The molecule has 5 heteroatoms. The van der Waals surface area contributed by atoms with Crippen LogP contribution in [-0.2, 0) is 9.53 Å². The molecule has 0 aromatic carbocycles. The standard InChI is InChI=1S/C16H31N3O2/c1-4-17-16(19-12-13(2)15(20)21-3)18-11-7-10-14-8-5-6-9-14/h13-14H,4-12H2,1-3H3,(H2,17,18,19). The predicted octanol–water partition coefficient (Wildman–Crippen LogP) is 2.32. The summed E-state index contributed by atoms with van der Waals surface area (Å²) in [4.78, 5) is 15.8. The summed E-state index contributed by atoms with van der Waals surface area (Å²) in [5, 5.41) is 6.55. The third-order valence-corrected chi connectivity index (χ3v) is 4.03. The van der Waals surface area contributed by atoms with E-state index in [0.29, 0.717) is 6.54 Å². The number of hydrogen-bond acceptors (Lipinski definition) is 3. The van der Waals surface area contributed by atoms with Gasteiger partial charge in [-0.25, -0.2) is 0 Å². The average molecular weight is 297 g/mol. The van der Waals surface area contributed by atoms with Gasteiger partial charge in [0.25, 0.3) is 0 Å². The Kier molecular flexibility index (Phi) is 8.87. The van der Waals surface area contributed by atoms with Crippen molar-refractivity contribution < 1.29 is 9.53 Å². The summed E-state index contributed by atoms with van der Waals surface area (Å²) in [7, 11) is 1.41. The number of hydrogen-bond donors (Lipinski definition) is 2. The van der Waals surface area contributed by atoms with Crippen molar-refractivity contribution in [1.29, 1.82) is 0 Å². The molecule has 1 rings (SSSR count). The highest BCUT2D eigenvalue weighted by Crippen LogP contribution is 2.28. The number of nitrogens with zero attached hydrogens (tertiary/aromatic N) is 1. The molecule has 1 saturated carbocycles. The lowest BCUT2D eigenvalue weighted by Crippen LogP contribution is -2.38. The lowest BCUT2D eigenvalue weighted by Gasteiger charge is -2.14. The normalized spacial score (nSPS) is 17.6. The maximum absolute atomic E-state index is 11.4. The summed E-state index contributed by atoms with van der Waals surface area (Å²) >= 11 is 0. The second-order valence-electron chi connectivity index (χ2n) is 5.86. The highest BCUT2D eigenvalue weighted by atomic mass is 16.5. The van der Waals surface area contributed by atoms with E-state index in [1.54, 1.807) is 0 Å². The van der Waals surface area contributed by atoms with Crippen LogP contribution in [-0.4, -0.2) is 38.7 Å². The molecule has 122 valence electrons. The largest absolute Gasteiger partial charge is 0.469 e. The number of methoxy groups -OCH3 is 1. The SMILES string of the molecule is CCNC(=NCC(C)C(=O)OC)NCCCC1CCCC1. The van der Waals surface area contributed by atoms with Gasteiger partial charge in [0.1, 0.15) is 0 Å². The molecule has 0 heterocycles. The summed E-state index contributed by atoms with van der Waals surface area (Å²) in [5.74, 6) is 1.31.